The van der Waals surface area contributed by atoms with Gasteiger partial charge in [0.2, 0.25) is 0 Å². The van der Waals surface area contributed by atoms with Gasteiger partial charge in [0.25, 0.3) is 0 Å². The van der Waals surface area contributed by atoms with Crippen LogP contribution in [0.1, 0.15) is 5.56 Å². The first-order valence-electron chi connectivity index (χ1n) is 5.86. The molecular formula is C15H14N2O. The Morgan fingerprint density at radius 1 is 1.17 bits per heavy atom. The maximum absolute atomic E-state index is 5.27. The van der Waals surface area contributed by atoms with Crippen molar-refractivity contribution in [1.82, 2.24) is 9.38 Å². The summed E-state index contributed by atoms with van der Waals surface area (Å²) in [7, 11) is 1.69. The van der Waals surface area contributed by atoms with E-state index in [-0.39, 0.29) is 0 Å². The fraction of sp³-hybridized carbons (Fsp3) is 0.133. The van der Waals surface area contributed by atoms with Gasteiger partial charge in [-0.2, -0.15) is 0 Å². The van der Waals surface area contributed by atoms with Gasteiger partial charge < -0.3 is 9.14 Å². The molecular weight excluding hydrogens is 224 g/mol. The van der Waals surface area contributed by atoms with Gasteiger partial charge in [-0.15, -0.1) is 0 Å². The lowest BCUT2D eigenvalue weighted by Gasteiger charge is -2.05. The van der Waals surface area contributed by atoms with Gasteiger partial charge in [0.05, 0.1) is 12.8 Å². The van der Waals surface area contributed by atoms with Gasteiger partial charge in [0, 0.05) is 18.0 Å². The van der Waals surface area contributed by atoms with Crippen molar-refractivity contribution < 1.29 is 4.74 Å². The van der Waals surface area contributed by atoms with Crippen LogP contribution in [0.25, 0.3) is 16.9 Å². The van der Waals surface area contributed by atoms with Crippen molar-refractivity contribution in [3.8, 4) is 17.0 Å². The van der Waals surface area contributed by atoms with Gasteiger partial charge in [-0.05, 0) is 42.8 Å². The van der Waals surface area contributed by atoms with Crippen molar-refractivity contribution >= 4 is 5.65 Å². The van der Waals surface area contributed by atoms with Crippen molar-refractivity contribution in [2.45, 2.75) is 6.92 Å². The Hall–Kier alpha value is -2.29. The number of rotatable bonds is 2. The number of hydrogen-bond acceptors (Lipinski definition) is 2. The predicted molar refractivity (Wildman–Crippen MR) is 71.9 cm³/mol. The van der Waals surface area contributed by atoms with E-state index >= 15 is 0 Å². The second kappa shape index (κ2) is 4.18. The lowest BCUT2D eigenvalue weighted by atomic mass is 10.1. The van der Waals surface area contributed by atoms with Crippen LogP contribution in [0, 0.1) is 6.92 Å². The fourth-order valence-electron chi connectivity index (χ4n) is 2.11. The Balaban J connectivity index is 2.11. The molecule has 1 aromatic carbocycles. The average molecular weight is 238 g/mol. The standard InChI is InChI=1S/C15H14N2O/c1-11-9-12(6-7-14(11)18-2)13-10-17-8-4-3-5-15(17)16-13/h3-10H,1-2H3. The summed E-state index contributed by atoms with van der Waals surface area (Å²) in [5.41, 5.74) is 4.16. The van der Waals surface area contributed by atoms with Crippen LogP contribution >= 0.6 is 0 Å². The van der Waals surface area contributed by atoms with Crippen molar-refractivity contribution in [3.63, 3.8) is 0 Å². The summed E-state index contributed by atoms with van der Waals surface area (Å²) in [5.74, 6) is 0.905. The Morgan fingerprint density at radius 2 is 2.06 bits per heavy atom. The number of imidazole rings is 1. The molecule has 2 heterocycles. The zero-order valence-corrected chi connectivity index (χ0v) is 10.4. The van der Waals surface area contributed by atoms with Crippen molar-refractivity contribution in [2.24, 2.45) is 0 Å². The number of methoxy groups -OCH3 is 1. The second-order valence-electron chi connectivity index (χ2n) is 4.28. The Bertz CT molecular complexity index is 668. The molecule has 0 aliphatic heterocycles. The maximum atomic E-state index is 5.27. The highest BCUT2D eigenvalue weighted by molar-refractivity contribution is 5.64. The van der Waals surface area contributed by atoms with Crippen molar-refractivity contribution in [1.29, 1.82) is 0 Å². The summed E-state index contributed by atoms with van der Waals surface area (Å²) < 4.78 is 7.29. The van der Waals surface area contributed by atoms with E-state index in [1.807, 2.05) is 54.0 Å². The van der Waals surface area contributed by atoms with E-state index in [0.717, 1.165) is 28.2 Å². The molecule has 0 saturated heterocycles. The molecule has 3 rings (SSSR count). The Labute approximate surface area is 106 Å². The third-order valence-corrected chi connectivity index (χ3v) is 3.05. The smallest absolute Gasteiger partial charge is 0.137 e. The lowest BCUT2D eigenvalue weighted by molar-refractivity contribution is 0.412. The number of benzene rings is 1. The van der Waals surface area contributed by atoms with E-state index in [2.05, 4.69) is 11.1 Å². The molecule has 0 atom stereocenters. The highest BCUT2D eigenvalue weighted by atomic mass is 16.5. The lowest BCUT2D eigenvalue weighted by Crippen LogP contribution is -1.87. The molecule has 3 heteroatoms. The van der Waals surface area contributed by atoms with Crippen LogP contribution in [0.3, 0.4) is 0 Å². The van der Waals surface area contributed by atoms with Crippen molar-refractivity contribution in [2.75, 3.05) is 7.11 Å². The molecule has 3 aromatic rings. The SMILES string of the molecule is COc1ccc(-c2cn3ccccc3n2)cc1C. The number of pyridine rings is 1. The minimum Gasteiger partial charge on any atom is -0.496 e. The first kappa shape index (κ1) is 10.8. The highest BCUT2D eigenvalue weighted by Gasteiger charge is 2.06. The molecule has 0 saturated carbocycles. The first-order chi connectivity index (χ1) is 8.78. The van der Waals surface area contributed by atoms with Gasteiger partial charge in [-0.3, -0.25) is 0 Å². The van der Waals surface area contributed by atoms with E-state index in [0.29, 0.717) is 0 Å². The number of hydrogen-bond donors (Lipinski definition) is 0. The molecule has 0 fully saturated rings. The number of nitrogens with zero attached hydrogens (tertiary/aromatic N) is 2. The third kappa shape index (κ3) is 1.74. The quantitative estimate of drug-likeness (QED) is 0.684. The summed E-state index contributed by atoms with van der Waals surface area (Å²) >= 11 is 0. The minimum absolute atomic E-state index is 0.905. The molecule has 90 valence electrons. The second-order valence-corrected chi connectivity index (χ2v) is 4.28. The third-order valence-electron chi connectivity index (χ3n) is 3.05. The zero-order chi connectivity index (χ0) is 12.5. The van der Waals surface area contributed by atoms with Crippen LogP contribution in [0.2, 0.25) is 0 Å². The molecule has 0 bridgehead atoms. The molecule has 0 N–H and O–H groups in total. The van der Waals surface area contributed by atoms with E-state index in [4.69, 9.17) is 4.74 Å². The van der Waals surface area contributed by atoms with E-state index in [9.17, 15) is 0 Å². The number of aromatic nitrogens is 2. The Morgan fingerprint density at radius 3 is 2.78 bits per heavy atom. The first-order valence-corrected chi connectivity index (χ1v) is 5.86. The summed E-state index contributed by atoms with van der Waals surface area (Å²) in [6.45, 7) is 2.04. The zero-order valence-electron chi connectivity index (χ0n) is 10.4. The molecule has 0 aliphatic carbocycles. The number of fused-ring (bicyclic) bond motifs is 1. The van der Waals surface area contributed by atoms with Crippen LogP contribution in [0.5, 0.6) is 5.75 Å². The largest absolute Gasteiger partial charge is 0.496 e. The van der Waals surface area contributed by atoms with E-state index in [1.165, 1.54) is 0 Å². The number of ether oxygens (including phenoxy) is 1. The summed E-state index contributed by atoms with van der Waals surface area (Å²) in [6.07, 6.45) is 4.04. The van der Waals surface area contributed by atoms with Crippen molar-refractivity contribution in [3.05, 3.63) is 54.4 Å². The van der Waals surface area contributed by atoms with Gasteiger partial charge in [0.15, 0.2) is 0 Å². The maximum Gasteiger partial charge on any atom is 0.137 e. The molecule has 0 spiro atoms. The summed E-state index contributed by atoms with van der Waals surface area (Å²) in [5, 5.41) is 0. The molecule has 0 unspecified atom stereocenters. The van der Waals surface area contributed by atoms with Crippen LogP contribution < -0.4 is 4.74 Å². The van der Waals surface area contributed by atoms with Gasteiger partial charge >= 0.3 is 0 Å². The van der Waals surface area contributed by atoms with Gasteiger partial charge in [-0.1, -0.05) is 6.07 Å². The summed E-state index contributed by atoms with van der Waals surface area (Å²) in [4.78, 5) is 4.60. The van der Waals surface area contributed by atoms with Crippen LogP contribution in [-0.4, -0.2) is 16.5 Å². The summed E-state index contributed by atoms with van der Waals surface area (Å²) in [6, 6.07) is 12.1. The fourth-order valence-corrected chi connectivity index (χ4v) is 2.11. The minimum atomic E-state index is 0.905. The normalized spacial score (nSPS) is 10.8. The highest BCUT2D eigenvalue weighted by Crippen LogP contribution is 2.25. The molecule has 2 aromatic heterocycles. The molecule has 3 nitrogen and oxygen atoms in total. The van der Waals surface area contributed by atoms with E-state index < -0.39 is 0 Å². The molecule has 18 heavy (non-hydrogen) atoms. The average Bonchev–Trinajstić information content (AvgIpc) is 2.82. The van der Waals surface area contributed by atoms with Gasteiger partial charge in [0.1, 0.15) is 11.4 Å². The predicted octanol–water partition coefficient (Wildman–Crippen LogP) is 3.32. The molecule has 0 amide bonds. The van der Waals surface area contributed by atoms with Crippen LogP contribution in [-0.2, 0) is 0 Å². The monoisotopic (exact) mass is 238 g/mol. The number of aryl methyl sites for hydroxylation is 1. The van der Waals surface area contributed by atoms with Crippen LogP contribution in [0.15, 0.2) is 48.8 Å². The molecule has 0 aliphatic rings. The van der Waals surface area contributed by atoms with Gasteiger partial charge in [-0.25, -0.2) is 4.98 Å². The van der Waals surface area contributed by atoms with E-state index in [1.54, 1.807) is 7.11 Å². The van der Waals surface area contributed by atoms with Crippen LogP contribution in [0.4, 0.5) is 0 Å². The Kier molecular flexibility index (Phi) is 2.52. The molecule has 0 radical (unpaired) electrons. The topological polar surface area (TPSA) is 26.5 Å².